The number of benzene rings is 4. The first-order valence-electron chi connectivity index (χ1n) is 24.1. The zero-order valence-electron chi connectivity index (χ0n) is 37.8. The van der Waals surface area contributed by atoms with Crippen LogP contribution in [-0.2, 0) is 9.59 Å². The molecule has 0 heterocycles. The van der Waals surface area contributed by atoms with E-state index in [-0.39, 0.29) is 11.9 Å². The Kier molecular flexibility index (Phi) is 25.2. The van der Waals surface area contributed by atoms with Crippen LogP contribution in [0.2, 0.25) is 0 Å². The molecule has 0 bridgehead atoms. The van der Waals surface area contributed by atoms with Gasteiger partial charge in [-0.05, 0) is 96.5 Å². The van der Waals surface area contributed by atoms with Gasteiger partial charge >= 0.3 is 11.9 Å². The van der Waals surface area contributed by atoms with E-state index in [9.17, 15) is 9.59 Å². The van der Waals surface area contributed by atoms with Crippen LogP contribution in [0.4, 0.5) is 0 Å². The number of rotatable bonds is 34. The first kappa shape index (κ1) is 49.1. The third-order valence-electron chi connectivity index (χ3n) is 11.3. The lowest BCUT2D eigenvalue weighted by Crippen LogP contribution is -2.07. The summed E-state index contributed by atoms with van der Waals surface area (Å²) >= 11 is 0. The molecule has 332 valence electrons. The van der Waals surface area contributed by atoms with Crippen molar-refractivity contribution in [2.45, 2.75) is 174 Å². The lowest BCUT2D eigenvalue weighted by Gasteiger charge is -2.09. The number of carbonyl (C=O) groups is 2. The Morgan fingerprint density at radius 2 is 0.557 bits per heavy atom. The van der Waals surface area contributed by atoms with Crippen LogP contribution in [0, 0.1) is 0 Å². The molecule has 0 aliphatic carbocycles. The van der Waals surface area contributed by atoms with Crippen molar-refractivity contribution in [1.29, 1.82) is 0 Å². The first-order chi connectivity index (χ1) is 30.0. The summed E-state index contributed by atoms with van der Waals surface area (Å²) in [6.07, 6.45) is 28.3. The average Bonchev–Trinajstić information content (AvgIpc) is 3.28. The smallest absolute Gasteiger partial charge is 0.311 e. The lowest BCUT2D eigenvalue weighted by molar-refractivity contribution is -0.135. The Labute approximate surface area is 369 Å². The van der Waals surface area contributed by atoms with Gasteiger partial charge in [0, 0.05) is 12.8 Å². The maximum Gasteiger partial charge on any atom is 0.311 e. The molecular formula is C55H76O6. The van der Waals surface area contributed by atoms with Gasteiger partial charge in [-0.3, -0.25) is 9.59 Å². The van der Waals surface area contributed by atoms with Crippen molar-refractivity contribution in [2.75, 3.05) is 13.2 Å². The van der Waals surface area contributed by atoms with E-state index in [1.54, 1.807) is 0 Å². The van der Waals surface area contributed by atoms with Crippen LogP contribution < -0.4 is 18.9 Å². The minimum atomic E-state index is -0.192. The molecule has 0 atom stereocenters. The van der Waals surface area contributed by atoms with Crippen molar-refractivity contribution in [3.63, 3.8) is 0 Å². The predicted molar refractivity (Wildman–Crippen MR) is 253 cm³/mol. The van der Waals surface area contributed by atoms with Gasteiger partial charge < -0.3 is 18.9 Å². The minimum absolute atomic E-state index is 0.192. The van der Waals surface area contributed by atoms with Crippen LogP contribution in [0.1, 0.15) is 174 Å². The first-order valence-corrected chi connectivity index (χ1v) is 24.1. The molecule has 0 aliphatic heterocycles. The zero-order valence-corrected chi connectivity index (χ0v) is 37.8. The van der Waals surface area contributed by atoms with Crippen molar-refractivity contribution in [3.8, 4) is 45.3 Å². The van der Waals surface area contributed by atoms with Gasteiger partial charge in [-0.25, -0.2) is 0 Å². The number of hydrogen-bond donors (Lipinski definition) is 0. The zero-order chi connectivity index (χ0) is 43.0. The minimum Gasteiger partial charge on any atom is -0.494 e. The molecule has 0 aliphatic rings. The van der Waals surface area contributed by atoms with Crippen LogP contribution >= 0.6 is 0 Å². The van der Waals surface area contributed by atoms with E-state index < -0.39 is 0 Å². The molecule has 4 aromatic rings. The van der Waals surface area contributed by atoms with Crippen LogP contribution in [-0.4, -0.2) is 25.2 Å². The molecule has 0 fully saturated rings. The van der Waals surface area contributed by atoms with Crippen LogP contribution in [0.25, 0.3) is 22.3 Å². The molecule has 0 amide bonds. The largest absolute Gasteiger partial charge is 0.494 e. The van der Waals surface area contributed by atoms with Crippen molar-refractivity contribution in [2.24, 2.45) is 0 Å². The number of ether oxygens (including phenoxy) is 4. The van der Waals surface area contributed by atoms with Gasteiger partial charge in [0.2, 0.25) is 0 Å². The maximum absolute atomic E-state index is 12.5. The maximum atomic E-state index is 12.5. The van der Waals surface area contributed by atoms with Gasteiger partial charge in [0.25, 0.3) is 0 Å². The fourth-order valence-electron chi connectivity index (χ4n) is 7.56. The molecule has 6 heteroatoms. The van der Waals surface area contributed by atoms with Gasteiger partial charge in [-0.1, -0.05) is 184 Å². The molecule has 0 saturated heterocycles. The molecule has 4 aromatic carbocycles. The molecular weight excluding hydrogens is 757 g/mol. The van der Waals surface area contributed by atoms with Crippen molar-refractivity contribution in [3.05, 3.63) is 97.1 Å². The van der Waals surface area contributed by atoms with Crippen molar-refractivity contribution < 1.29 is 28.5 Å². The number of carbonyl (C=O) groups excluding carboxylic acids is 2. The van der Waals surface area contributed by atoms with E-state index in [2.05, 4.69) is 38.1 Å². The van der Waals surface area contributed by atoms with E-state index in [1.807, 2.05) is 72.8 Å². The quantitative estimate of drug-likeness (QED) is 0.0265. The summed E-state index contributed by atoms with van der Waals surface area (Å²) in [6, 6.07) is 31.8. The van der Waals surface area contributed by atoms with E-state index in [0.29, 0.717) is 24.3 Å². The molecule has 0 saturated carbocycles. The van der Waals surface area contributed by atoms with E-state index in [4.69, 9.17) is 18.9 Å². The van der Waals surface area contributed by atoms with Gasteiger partial charge in [-0.2, -0.15) is 0 Å². The molecule has 0 aromatic heterocycles. The average molecular weight is 833 g/mol. The highest BCUT2D eigenvalue weighted by Gasteiger charge is 2.08. The van der Waals surface area contributed by atoms with E-state index in [1.165, 1.54) is 89.9 Å². The Morgan fingerprint density at radius 1 is 0.311 bits per heavy atom. The summed E-state index contributed by atoms with van der Waals surface area (Å²) in [6.45, 7) is 6.04. The SMILES string of the molecule is CCCCCCCCCCOc1ccc(-c2ccc(OC(=O)CCCCCCCCCC(=O)Oc3ccc(-c4ccc(OCCCCCCCCCC)cc4)cc3)cc2)cc1. The summed E-state index contributed by atoms with van der Waals surface area (Å²) in [4.78, 5) is 24.9. The topological polar surface area (TPSA) is 71.1 Å². The third kappa shape index (κ3) is 21.7. The highest BCUT2D eigenvalue weighted by Crippen LogP contribution is 2.27. The summed E-state index contributed by atoms with van der Waals surface area (Å²) < 4.78 is 23.1. The fourth-order valence-corrected chi connectivity index (χ4v) is 7.56. The third-order valence-corrected chi connectivity index (χ3v) is 11.3. The van der Waals surface area contributed by atoms with E-state index >= 15 is 0 Å². The Morgan fingerprint density at radius 3 is 0.852 bits per heavy atom. The highest BCUT2D eigenvalue weighted by atomic mass is 16.5. The summed E-state index contributed by atoms with van der Waals surface area (Å²) in [5.74, 6) is 2.57. The van der Waals surface area contributed by atoms with Gasteiger partial charge in [-0.15, -0.1) is 0 Å². The summed E-state index contributed by atoms with van der Waals surface area (Å²) in [5, 5.41) is 0. The predicted octanol–water partition coefficient (Wildman–Crippen LogP) is 16.1. The van der Waals surface area contributed by atoms with Crippen LogP contribution in [0.5, 0.6) is 23.0 Å². The molecule has 4 rings (SSSR count). The fraction of sp³-hybridized carbons (Fsp3) is 0.527. The van der Waals surface area contributed by atoms with Crippen molar-refractivity contribution in [1.82, 2.24) is 0 Å². The van der Waals surface area contributed by atoms with Gasteiger partial charge in [0.15, 0.2) is 0 Å². The Bertz CT molecular complexity index is 1580. The second-order valence-electron chi connectivity index (χ2n) is 16.7. The highest BCUT2D eigenvalue weighted by molar-refractivity contribution is 5.74. The monoisotopic (exact) mass is 833 g/mol. The second-order valence-corrected chi connectivity index (χ2v) is 16.7. The number of esters is 2. The Balaban J connectivity index is 0.974. The summed E-state index contributed by atoms with van der Waals surface area (Å²) in [5.41, 5.74) is 4.35. The van der Waals surface area contributed by atoms with Gasteiger partial charge in [0.1, 0.15) is 23.0 Å². The molecule has 61 heavy (non-hydrogen) atoms. The van der Waals surface area contributed by atoms with Crippen LogP contribution in [0.3, 0.4) is 0 Å². The van der Waals surface area contributed by atoms with Gasteiger partial charge in [0.05, 0.1) is 13.2 Å². The summed E-state index contributed by atoms with van der Waals surface area (Å²) in [7, 11) is 0. The Hall–Kier alpha value is -4.58. The second kappa shape index (κ2) is 31.3. The molecule has 0 N–H and O–H groups in total. The standard InChI is InChI=1S/C55H76O6/c1-3-5-7-9-11-16-20-24-44-58-50-36-28-46(29-37-50)48-32-40-52(41-33-48)60-54(56)26-22-18-14-13-15-19-23-27-55(57)61-53-42-34-49(35-43-53)47-30-38-51(39-31-47)59-45-25-21-17-12-10-8-6-4-2/h28-43H,3-27,44-45H2,1-2H3. The molecule has 0 radical (unpaired) electrons. The molecule has 0 spiro atoms. The normalized spacial score (nSPS) is 11.0. The van der Waals surface area contributed by atoms with Crippen molar-refractivity contribution >= 4 is 11.9 Å². The molecule has 0 unspecified atom stereocenters. The lowest BCUT2D eigenvalue weighted by atomic mass is 10.1. The van der Waals surface area contributed by atoms with E-state index in [0.717, 1.165) is 105 Å². The molecule has 6 nitrogen and oxygen atoms in total. The number of unbranched alkanes of at least 4 members (excludes halogenated alkanes) is 20. The number of hydrogen-bond acceptors (Lipinski definition) is 6. The van der Waals surface area contributed by atoms with Crippen LogP contribution in [0.15, 0.2) is 97.1 Å².